The first-order valence-corrected chi connectivity index (χ1v) is 25.8. The van der Waals surface area contributed by atoms with Gasteiger partial charge in [0.15, 0.2) is 0 Å². The summed E-state index contributed by atoms with van der Waals surface area (Å²) in [7, 11) is 0. The van der Waals surface area contributed by atoms with Gasteiger partial charge in [-0.05, 0) is 179 Å². The highest BCUT2D eigenvalue weighted by Gasteiger charge is 2.19. The lowest BCUT2D eigenvalue weighted by atomic mass is 10.0. The molecule has 76 heavy (non-hydrogen) atoms. The second-order valence-corrected chi connectivity index (χ2v) is 18.6. The fourth-order valence-corrected chi connectivity index (χ4v) is 10.1. The van der Waals surface area contributed by atoms with Gasteiger partial charge in [0, 0.05) is 68.2 Å². The minimum Gasteiger partial charge on any atom is -0.311 e. The summed E-state index contributed by atoms with van der Waals surface area (Å²) in [5.74, 6) is 0. The number of hydrogen-bond donors (Lipinski definition) is 0. The van der Waals surface area contributed by atoms with Crippen LogP contribution in [0.1, 0.15) is 0 Å². The normalized spacial score (nSPS) is 10.9. The van der Waals surface area contributed by atoms with Crippen LogP contribution >= 0.6 is 0 Å². The molecule has 0 saturated heterocycles. The molecule has 0 bridgehead atoms. The summed E-state index contributed by atoms with van der Waals surface area (Å²) in [4.78, 5) is 9.27. The first-order valence-electron chi connectivity index (χ1n) is 25.8. The molecule has 0 saturated carbocycles. The molecule has 0 aliphatic carbocycles. The summed E-state index contributed by atoms with van der Waals surface area (Å²) in [6.45, 7) is 0. The maximum absolute atomic E-state index is 2.34. The molecule has 0 aromatic heterocycles. The number of hydrogen-bond acceptors (Lipinski definition) is 4. The first-order chi connectivity index (χ1) is 37.7. The standard InChI is InChI=1S/C72H54N4/c1-7-19-55(20-8-1)57-31-39-65(40-32-57)75(71-51-47-69(48-52-71)73(61-23-11-3-12-24-61)62-25-13-4-14-26-62)67-43-35-59(36-44-67)60-37-45-68(46-38-60)76(66-41-33-58(34-42-66)56-21-9-2-10-22-56)72-53-49-70(50-54-72)74(63-27-15-5-16-28-63)64-29-17-6-18-30-64/h1-54H. The Kier molecular flexibility index (Phi) is 13.5. The van der Waals surface area contributed by atoms with Crippen molar-refractivity contribution in [2.24, 2.45) is 0 Å². The van der Waals surface area contributed by atoms with Crippen LogP contribution in [0.5, 0.6) is 0 Å². The predicted octanol–water partition coefficient (Wildman–Crippen LogP) is 20.6. The van der Waals surface area contributed by atoms with Gasteiger partial charge < -0.3 is 19.6 Å². The van der Waals surface area contributed by atoms with E-state index in [9.17, 15) is 0 Å². The van der Waals surface area contributed by atoms with Crippen molar-refractivity contribution in [3.8, 4) is 33.4 Å². The maximum atomic E-state index is 2.34. The zero-order valence-corrected chi connectivity index (χ0v) is 42.0. The van der Waals surface area contributed by atoms with Gasteiger partial charge in [0.1, 0.15) is 0 Å². The van der Waals surface area contributed by atoms with Crippen molar-refractivity contribution in [3.63, 3.8) is 0 Å². The van der Waals surface area contributed by atoms with E-state index in [-0.39, 0.29) is 0 Å². The summed E-state index contributed by atoms with van der Waals surface area (Å²) in [6.07, 6.45) is 0. The Labute approximate surface area is 446 Å². The molecule has 362 valence electrons. The summed E-state index contributed by atoms with van der Waals surface area (Å²) < 4.78 is 0. The van der Waals surface area contributed by atoms with Crippen molar-refractivity contribution in [1.82, 2.24) is 0 Å². The van der Waals surface area contributed by atoms with Gasteiger partial charge in [-0.25, -0.2) is 0 Å². The lowest BCUT2D eigenvalue weighted by Crippen LogP contribution is -2.12. The van der Waals surface area contributed by atoms with E-state index < -0.39 is 0 Å². The smallest absolute Gasteiger partial charge is 0.0463 e. The van der Waals surface area contributed by atoms with Crippen molar-refractivity contribution in [1.29, 1.82) is 0 Å². The third kappa shape index (κ3) is 10.1. The quantitative estimate of drug-likeness (QED) is 0.101. The van der Waals surface area contributed by atoms with E-state index in [1.165, 1.54) is 22.3 Å². The molecule has 0 amide bonds. The monoisotopic (exact) mass is 974 g/mol. The molecule has 0 heterocycles. The Hall–Kier alpha value is -10.2. The number of anilines is 12. The minimum absolute atomic E-state index is 1.06. The molecule has 0 aliphatic heterocycles. The van der Waals surface area contributed by atoms with Crippen molar-refractivity contribution in [3.05, 3.63) is 328 Å². The van der Waals surface area contributed by atoms with Gasteiger partial charge in [-0.15, -0.1) is 0 Å². The second-order valence-electron chi connectivity index (χ2n) is 18.6. The zero-order valence-electron chi connectivity index (χ0n) is 42.0. The van der Waals surface area contributed by atoms with Crippen LogP contribution in [-0.2, 0) is 0 Å². The fourth-order valence-electron chi connectivity index (χ4n) is 10.1. The predicted molar refractivity (Wildman–Crippen MR) is 321 cm³/mol. The molecule has 0 aliphatic rings. The van der Waals surface area contributed by atoms with Crippen LogP contribution in [0.2, 0.25) is 0 Å². The lowest BCUT2D eigenvalue weighted by molar-refractivity contribution is 1.25. The second kappa shape index (κ2) is 21.9. The molecule has 12 aromatic carbocycles. The van der Waals surface area contributed by atoms with E-state index in [0.717, 1.165) is 79.4 Å². The van der Waals surface area contributed by atoms with Crippen LogP contribution in [0, 0.1) is 0 Å². The van der Waals surface area contributed by atoms with Crippen LogP contribution in [0.25, 0.3) is 33.4 Å². The van der Waals surface area contributed by atoms with Crippen LogP contribution in [-0.4, -0.2) is 0 Å². The summed E-state index contributed by atoms with van der Waals surface area (Å²) in [5, 5.41) is 0. The largest absolute Gasteiger partial charge is 0.311 e. The van der Waals surface area contributed by atoms with Crippen molar-refractivity contribution < 1.29 is 0 Å². The number of nitrogens with zero attached hydrogens (tertiary/aromatic N) is 4. The highest BCUT2D eigenvalue weighted by atomic mass is 15.2. The molecule has 0 radical (unpaired) electrons. The fraction of sp³-hybridized carbons (Fsp3) is 0. The molecular formula is C72H54N4. The zero-order chi connectivity index (χ0) is 50.9. The highest BCUT2D eigenvalue weighted by molar-refractivity contribution is 5.85. The van der Waals surface area contributed by atoms with Gasteiger partial charge >= 0.3 is 0 Å². The Morgan fingerprint density at radius 3 is 0.395 bits per heavy atom. The van der Waals surface area contributed by atoms with Crippen LogP contribution in [0.4, 0.5) is 68.2 Å². The van der Waals surface area contributed by atoms with Gasteiger partial charge in [0.2, 0.25) is 0 Å². The summed E-state index contributed by atoms with van der Waals surface area (Å²) >= 11 is 0. The molecule has 0 atom stereocenters. The summed E-state index contributed by atoms with van der Waals surface area (Å²) in [6, 6.07) is 117. The van der Waals surface area contributed by atoms with Crippen LogP contribution in [0.15, 0.2) is 328 Å². The number of para-hydroxylation sites is 4. The van der Waals surface area contributed by atoms with E-state index in [4.69, 9.17) is 0 Å². The van der Waals surface area contributed by atoms with Gasteiger partial charge in [-0.1, -0.05) is 182 Å². The molecule has 4 heteroatoms. The van der Waals surface area contributed by atoms with E-state index in [2.05, 4.69) is 347 Å². The number of rotatable bonds is 15. The number of benzene rings is 12. The summed E-state index contributed by atoms with van der Waals surface area (Å²) in [5.41, 5.74) is 20.0. The van der Waals surface area contributed by atoms with Crippen molar-refractivity contribution in [2.45, 2.75) is 0 Å². The molecule has 0 spiro atoms. The van der Waals surface area contributed by atoms with E-state index in [1.54, 1.807) is 0 Å². The third-order valence-electron chi connectivity index (χ3n) is 13.8. The van der Waals surface area contributed by atoms with E-state index in [1.807, 2.05) is 0 Å². The van der Waals surface area contributed by atoms with Gasteiger partial charge in [-0.3, -0.25) is 0 Å². The molecule has 4 nitrogen and oxygen atoms in total. The Bertz CT molecular complexity index is 3390. The van der Waals surface area contributed by atoms with Gasteiger partial charge in [0.05, 0.1) is 0 Å². The molecule has 0 fully saturated rings. The Morgan fingerprint density at radius 2 is 0.224 bits per heavy atom. The Morgan fingerprint density at radius 1 is 0.105 bits per heavy atom. The van der Waals surface area contributed by atoms with Crippen LogP contribution < -0.4 is 19.6 Å². The average Bonchev–Trinajstić information content (AvgIpc) is 3.52. The van der Waals surface area contributed by atoms with Gasteiger partial charge in [-0.2, -0.15) is 0 Å². The molecular weight excluding hydrogens is 921 g/mol. The molecule has 0 N–H and O–H groups in total. The van der Waals surface area contributed by atoms with E-state index >= 15 is 0 Å². The SMILES string of the molecule is c1ccc(-c2ccc(N(c3ccc(-c4ccc(N(c5ccc(-c6ccccc6)cc5)c5ccc(N(c6ccccc6)c6ccccc6)cc5)cc4)cc3)c3ccc(N(c4ccccc4)c4ccccc4)cc3)cc2)cc1. The molecule has 12 aromatic rings. The first kappa shape index (κ1) is 46.9. The highest BCUT2D eigenvalue weighted by Crippen LogP contribution is 2.43. The topological polar surface area (TPSA) is 13.0 Å². The van der Waals surface area contributed by atoms with Gasteiger partial charge in [0.25, 0.3) is 0 Å². The van der Waals surface area contributed by atoms with Crippen LogP contribution in [0.3, 0.4) is 0 Å². The minimum atomic E-state index is 1.06. The maximum Gasteiger partial charge on any atom is 0.0463 e. The van der Waals surface area contributed by atoms with Crippen molar-refractivity contribution in [2.75, 3.05) is 19.6 Å². The Balaban J connectivity index is 0.870. The molecule has 12 rings (SSSR count). The lowest BCUT2D eigenvalue weighted by Gasteiger charge is -2.29. The van der Waals surface area contributed by atoms with E-state index in [0.29, 0.717) is 0 Å². The van der Waals surface area contributed by atoms with Crippen molar-refractivity contribution >= 4 is 68.2 Å². The average molecular weight is 975 g/mol. The third-order valence-corrected chi connectivity index (χ3v) is 13.8. The molecule has 0 unspecified atom stereocenters.